The first-order chi connectivity index (χ1) is 6.38. The second-order valence-corrected chi connectivity index (χ2v) is 4.70. The van der Waals surface area contributed by atoms with E-state index < -0.39 is 10.2 Å². The molecule has 4 nitrogen and oxygen atoms in total. The van der Waals surface area contributed by atoms with Crippen LogP contribution < -0.4 is 9.86 Å². The van der Waals surface area contributed by atoms with Gasteiger partial charge in [0.25, 0.3) is 10.2 Å². The fourth-order valence-electron chi connectivity index (χ4n) is 1.09. The highest BCUT2D eigenvalue weighted by molar-refractivity contribution is 7.87. The van der Waals surface area contributed by atoms with E-state index in [0.717, 1.165) is 5.56 Å². The van der Waals surface area contributed by atoms with Crippen molar-refractivity contribution in [1.82, 2.24) is 4.72 Å². The van der Waals surface area contributed by atoms with Crippen LogP contribution in [0, 0.1) is 0 Å². The third-order valence-corrected chi connectivity index (χ3v) is 2.61. The molecule has 0 heterocycles. The van der Waals surface area contributed by atoms with Crippen molar-refractivity contribution in [3.63, 3.8) is 0 Å². The van der Waals surface area contributed by atoms with Crippen molar-refractivity contribution >= 4 is 21.8 Å². The lowest BCUT2D eigenvalue weighted by Crippen LogP contribution is -2.32. The summed E-state index contributed by atoms with van der Waals surface area (Å²) in [6.07, 6.45) is 0. The van der Waals surface area contributed by atoms with Crippen LogP contribution in [0.4, 0.5) is 0 Å². The predicted octanol–water partition coefficient (Wildman–Crippen LogP) is 1.19. The van der Waals surface area contributed by atoms with Gasteiger partial charge in [0.05, 0.1) is 0 Å². The van der Waals surface area contributed by atoms with Crippen LogP contribution in [0.5, 0.6) is 0 Å². The van der Waals surface area contributed by atoms with Crippen molar-refractivity contribution in [3.05, 3.63) is 34.9 Å². The van der Waals surface area contributed by atoms with Crippen molar-refractivity contribution in [2.45, 2.75) is 13.0 Å². The second-order valence-electron chi connectivity index (χ2n) is 2.94. The molecule has 0 aromatic heterocycles. The highest BCUT2D eigenvalue weighted by Gasteiger charge is 2.10. The van der Waals surface area contributed by atoms with Crippen LogP contribution in [0.2, 0.25) is 5.02 Å². The first-order valence-electron chi connectivity index (χ1n) is 3.94. The summed E-state index contributed by atoms with van der Waals surface area (Å²) >= 11 is 5.75. The van der Waals surface area contributed by atoms with Gasteiger partial charge in [-0.1, -0.05) is 23.7 Å². The third-order valence-electron chi connectivity index (χ3n) is 1.69. The van der Waals surface area contributed by atoms with E-state index in [-0.39, 0.29) is 6.04 Å². The number of halogens is 1. The van der Waals surface area contributed by atoms with Crippen LogP contribution in [-0.4, -0.2) is 8.42 Å². The van der Waals surface area contributed by atoms with Gasteiger partial charge in [-0.15, -0.1) is 0 Å². The number of hydrogen-bond donors (Lipinski definition) is 2. The average Bonchev–Trinajstić information content (AvgIpc) is 2.01. The molecule has 1 aromatic carbocycles. The molecule has 78 valence electrons. The molecule has 0 unspecified atom stereocenters. The van der Waals surface area contributed by atoms with Gasteiger partial charge >= 0.3 is 0 Å². The molecule has 1 rings (SSSR count). The van der Waals surface area contributed by atoms with Gasteiger partial charge in [0, 0.05) is 11.1 Å². The standard InChI is InChI=1S/C8H11ClN2O2S/c1-6(11-14(10,12)13)7-3-2-4-8(9)5-7/h2-6,11H,1H3,(H2,10,12,13)/t6-/m0/s1. The van der Waals surface area contributed by atoms with Crippen molar-refractivity contribution in [2.24, 2.45) is 5.14 Å². The highest BCUT2D eigenvalue weighted by atomic mass is 35.5. The topological polar surface area (TPSA) is 72.2 Å². The summed E-state index contributed by atoms with van der Waals surface area (Å²) in [6, 6.07) is 6.54. The van der Waals surface area contributed by atoms with Gasteiger partial charge in [-0.05, 0) is 24.6 Å². The Bertz CT molecular complexity index is 419. The van der Waals surface area contributed by atoms with E-state index in [9.17, 15) is 8.42 Å². The number of nitrogens with two attached hydrogens (primary N) is 1. The van der Waals surface area contributed by atoms with Crippen molar-refractivity contribution in [3.8, 4) is 0 Å². The number of hydrogen-bond acceptors (Lipinski definition) is 2. The van der Waals surface area contributed by atoms with Gasteiger partial charge in [0.1, 0.15) is 0 Å². The minimum Gasteiger partial charge on any atom is -0.216 e. The molecule has 6 heteroatoms. The zero-order valence-corrected chi connectivity index (χ0v) is 9.14. The number of rotatable bonds is 3. The van der Waals surface area contributed by atoms with Gasteiger partial charge in [0.15, 0.2) is 0 Å². The Labute approximate surface area is 88.3 Å². The molecular formula is C8H11ClN2O2S. The maximum absolute atomic E-state index is 10.7. The van der Waals surface area contributed by atoms with E-state index in [1.165, 1.54) is 0 Å². The lowest BCUT2D eigenvalue weighted by Gasteiger charge is -2.12. The fourth-order valence-corrected chi connectivity index (χ4v) is 1.92. The largest absolute Gasteiger partial charge is 0.274 e. The Morgan fingerprint density at radius 2 is 2.14 bits per heavy atom. The molecule has 0 saturated heterocycles. The predicted molar refractivity (Wildman–Crippen MR) is 56.1 cm³/mol. The van der Waals surface area contributed by atoms with Crippen LogP contribution in [0.3, 0.4) is 0 Å². The maximum atomic E-state index is 10.7. The van der Waals surface area contributed by atoms with Gasteiger partial charge in [-0.25, -0.2) is 5.14 Å². The first kappa shape index (κ1) is 11.5. The third kappa shape index (κ3) is 3.63. The molecule has 0 saturated carbocycles. The molecule has 0 aliphatic carbocycles. The molecule has 0 radical (unpaired) electrons. The van der Waals surface area contributed by atoms with E-state index in [2.05, 4.69) is 4.72 Å². The normalized spacial score (nSPS) is 13.9. The summed E-state index contributed by atoms with van der Waals surface area (Å²) in [5.41, 5.74) is 0.770. The Balaban J connectivity index is 2.85. The molecule has 3 N–H and O–H groups in total. The van der Waals surface area contributed by atoms with Gasteiger partial charge in [-0.2, -0.15) is 13.1 Å². The molecule has 0 aliphatic rings. The summed E-state index contributed by atoms with van der Waals surface area (Å²) in [7, 11) is -3.68. The average molecular weight is 235 g/mol. The maximum Gasteiger partial charge on any atom is 0.274 e. The molecule has 1 aromatic rings. The lowest BCUT2D eigenvalue weighted by molar-refractivity contribution is 0.568. The zero-order chi connectivity index (χ0) is 10.8. The number of nitrogens with one attached hydrogen (secondary N) is 1. The summed E-state index contributed by atoms with van der Waals surface area (Å²) < 4.78 is 23.7. The van der Waals surface area contributed by atoms with Crippen molar-refractivity contribution in [1.29, 1.82) is 0 Å². The van der Waals surface area contributed by atoms with Crippen LogP contribution >= 0.6 is 11.6 Å². The Kier molecular flexibility index (Phi) is 3.49. The van der Waals surface area contributed by atoms with Crippen LogP contribution in [0.1, 0.15) is 18.5 Å². The van der Waals surface area contributed by atoms with Gasteiger partial charge < -0.3 is 0 Å². The summed E-state index contributed by atoms with van der Waals surface area (Å²) in [4.78, 5) is 0. The lowest BCUT2D eigenvalue weighted by atomic mass is 10.1. The van der Waals surface area contributed by atoms with Crippen LogP contribution in [0.15, 0.2) is 24.3 Å². The molecule has 14 heavy (non-hydrogen) atoms. The second kappa shape index (κ2) is 4.27. The quantitative estimate of drug-likeness (QED) is 0.825. The van der Waals surface area contributed by atoms with Crippen LogP contribution in [0.25, 0.3) is 0 Å². The first-order valence-corrected chi connectivity index (χ1v) is 5.86. The van der Waals surface area contributed by atoms with E-state index in [4.69, 9.17) is 16.7 Å². The Morgan fingerprint density at radius 1 is 1.50 bits per heavy atom. The Hall–Kier alpha value is -0.620. The summed E-state index contributed by atoms with van der Waals surface area (Å²) in [6.45, 7) is 1.69. The monoisotopic (exact) mass is 234 g/mol. The molecule has 0 bridgehead atoms. The van der Waals surface area contributed by atoms with Crippen molar-refractivity contribution in [2.75, 3.05) is 0 Å². The SMILES string of the molecule is C[C@H](NS(N)(=O)=O)c1cccc(Cl)c1. The minimum absolute atomic E-state index is 0.385. The van der Waals surface area contributed by atoms with Crippen molar-refractivity contribution < 1.29 is 8.42 Å². The molecule has 1 atom stereocenters. The van der Waals surface area contributed by atoms with Gasteiger partial charge in [-0.3, -0.25) is 0 Å². The zero-order valence-electron chi connectivity index (χ0n) is 7.57. The minimum atomic E-state index is -3.68. The van der Waals surface area contributed by atoms with E-state index in [1.54, 1.807) is 31.2 Å². The fraction of sp³-hybridized carbons (Fsp3) is 0.250. The number of benzene rings is 1. The highest BCUT2D eigenvalue weighted by Crippen LogP contribution is 2.17. The van der Waals surface area contributed by atoms with E-state index in [1.807, 2.05) is 0 Å². The summed E-state index contributed by atoms with van der Waals surface area (Å²) in [5, 5.41) is 5.40. The smallest absolute Gasteiger partial charge is 0.216 e. The Morgan fingerprint density at radius 3 is 2.64 bits per heavy atom. The molecular weight excluding hydrogens is 224 g/mol. The van der Waals surface area contributed by atoms with E-state index >= 15 is 0 Å². The summed E-state index contributed by atoms with van der Waals surface area (Å²) in [5.74, 6) is 0. The van der Waals surface area contributed by atoms with Crippen LogP contribution in [-0.2, 0) is 10.2 Å². The molecule has 0 spiro atoms. The molecule has 0 aliphatic heterocycles. The molecule has 0 amide bonds. The van der Waals surface area contributed by atoms with Gasteiger partial charge in [0.2, 0.25) is 0 Å². The molecule has 0 fully saturated rings. The van der Waals surface area contributed by atoms with E-state index in [0.29, 0.717) is 5.02 Å².